The molecule has 236 valence electrons. The van der Waals surface area contributed by atoms with Gasteiger partial charge >= 0.3 is 5.97 Å². The van der Waals surface area contributed by atoms with Gasteiger partial charge in [0.25, 0.3) is 0 Å². The number of hydrogen-bond donors (Lipinski definition) is 0. The predicted octanol–water partition coefficient (Wildman–Crippen LogP) is 7.93. The maximum atomic E-state index is 11.8. The van der Waals surface area contributed by atoms with Crippen molar-refractivity contribution in [2.24, 2.45) is 0 Å². The minimum atomic E-state index is -1.20. The third-order valence-corrected chi connectivity index (χ3v) is 4.06. The Hall–Kier alpha value is -0.850. The van der Waals surface area contributed by atoms with Gasteiger partial charge in [-0.3, -0.25) is 4.79 Å². The molecule has 10 heteroatoms. The lowest BCUT2D eigenvalue weighted by atomic mass is 10.1. The minimum Gasteiger partial charge on any atom is -0.466 e. The molecule has 0 aromatic carbocycles. The summed E-state index contributed by atoms with van der Waals surface area (Å²) >= 11 is 0. The second kappa shape index (κ2) is 17.2. The van der Waals surface area contributed by atoms with Crippen LogP contribution in [0.25, 0.3) is 0 Å². The predicted molar refractivity (Wildman–Crippen MR) is 150 cm³/mol. The first-order chi connectivity index (χ1) is 17.3. The van der Waals surface area contributed by atoms with Crippen molar-refractivity contribution in [1.29, 1.82) is 0 Å². The van der Waals surface area contributed by atoms with Crippen LogP contribution in [-0.2, 0) is 48.6 Å². The van der Waals surface area contributed by atoms with Crippen LogP contribution in [-0.4, -0.2) is 46.6 Å². The number of ether oxygens (including phenoxy) is 1. The van der Waals surface area contributed by atoms with Gasteiger partial charge in [0.2, 0.25) is 11.6 Å². The number of carbonyl (C=O) groups excluding carboxylic acids is 1. The third-order valence-electron chi connectivity index (χ3n) is 4.06. The fourth-order valence-corrected chi connectivity index (χ4v) is 1.81. The minimum absolute atomic E-state index is 0.154. The van der Waals surface area contributed by atoms with E-state index >= 15 is 0 Å². The van der Waals surface area contributed by atoms with Gasteiger partial charge in [-0.1, -0.05) is 20.3 Å². The van der Waals surface area contributed by atoms with Gasteiger partial charge in [0.15, 0.2) is 0 Å². The molecule has 0 aromatic rings. The summed E-state index contributed by atoms with van der Waals surface area (Å²) in [4.78, 5) is 54.3. The van der Waals surface area contributed by atoms with Crippen molar-refractivity contribution in [1.82, 2.24) is 0 Å². The first kappa shape index (κ1) is 40.3. The normalized spacial score (nSPS) is 13.6. The van der Waals surface area contributed by atoms with Crippen molar-refractivity contribution in [3.05, 3.63) is 0 Å². The molecular formula is C29H60O10. The molecule has 0 saturated heterocycles. The fraction of sp³-hybridized carbons (Fsp3) is 0.966. The average molecular weight is 569 g/mol. The Morgan fingerprint density at radius 2 is 0.846 bits per heavy atom. The lowest BCUT2D eigenvalue weighted by Gasteiger charge is -2.32. The molecule has 0 unspecified atom stereocenters. The highest BCUT2D eigenvalue weighted by Crippen LogP contribution is 2.26. The second-order valence-electron chi connectivity index (χ2n) is 13.8. The molecular weight excluding hydrogens is 508 g/mol. The Morgan fingerprint density at radius 1 is 0.513 bits per heavy atom. The first-order valence-electron chi connectivity index (χ1n) is 14.0. The van der Waals surface area contributed by atoms with Crippen LogP contribution in [0.2, 0.25) is 0 Å². The summed E-state index contributed by atoms with van der Waals surface area (Å²) in [6.07, 6.45) is 2.87. The molecule has 0 atom stereocenters. The molecule has 0 spiro atoms. The van der Waals surface area contributed by atoms with Crippen LogP contribution in [0.5, 0.6) is 0 Å². The molecule has 0 aromatic heterocycles. The van der Waals surface area contributed by atoms with E-state index in [1.807, 2.05) is 96.9 Å². The lowest BCUT2D eigenvalue weighted by molar-refractivity contribution is -0.537. The van der Waals surface area contributed by atoms with E-state index in [0.717, 1.165) is 12.8 Å². The maximum absolute atomic E-state index is 11.8. The van der Waals surface area contributed by atoms with E-state index in [1.54, 1.807) is 13.8 Å². The van der Waals surface area contributed by atoms with E-state index in [-0.39, 0.29) is 30.0 Å². The molecule has 0 amide bonds. The maximum Gasteiger partial charge on any atom is 0.305 e. The van der Waals surface area contributed by atoms with Gasteiger partial charge in [-0.05, 0) is 103 Å². The summed E-state index contributed by atoms with van der Waals surface area (Å²) in [7, 11) is 0. The number of rotatable bonds is 15. The zero-order valence-electron chi connectivity index (χ0n) is 27.8. The van der Waals surface area contributed by atoms with Crippen molar-refractivity contribution >= 4 is 5.97 Å². The van der Waals surface area contributed by atoms with Crippen molar-refractivity contribution in [2.75, 3.05) is 6.61 Å². The van der Waals surface area contributed by atoms with Gasteiger partial charge in [-0.15, -0.1) is 0 Å². The quantitative estimate of drug-likeness (QED) is 0.0636. The highest BCUT2D eigenvalue weighted by molar-refractivity contribution is 5.69. The number of hydrogen-bond acceptors (Lipinski definition) is 10. The van der Waals surface area contributed by atoms with Gasteiger partial charge in [-0.2, -0.15) is 19.6 Å². The molecule has 0 radical (unpaired) electrons. The van der Waals surface area contributed by atoms with E-state index < -0.39 is 22.8 Å². The molecule has 0 rings (SSSR count). The van der Waals surface area contributed by atoms with Crippen molar-refractivity contribution in [2.45, 2.75) is 177 Å². The highest BCUT2D eigenvalue weighted by atomic mass is 17.3. The zero-order chi connectivity index (χ0) is 31.2. The number of unbranched alkanes of at least 4 members (excludes halogenated alkanes) is 1. The van der Waals surface area contributed by atoms with Crippen LogP contribution in [0.1, 0.15) is 143 Å². The average Bonchev–Trinajstić information content (AvgIpc) is 2.77. The smallest absolute Gasteiger partial charge is 0.305 e. The molecule has 0 bridgehead atoms. The standard InChI is InChI=1S/C17H34O6.C12H26O4/c1-9-10-13-19-14(18)11-12-17(8,22-20-15(2,3)4)23-21-16(5,6)7;1-9-12(8,15-13-10(2,3)4)16-14-11(5,6)7/h9-13H2,1-8H3;9H2,1-8H3. The zero-order valence-corrected chi connectivity index (χ0v) is 27.8. The third kappa shape index (κ3) is 27.1. The number of carbonyl (C=O) groups is 1. The van der Waals surface area contributed by atoms with Crippen molar-refractivity contribution < 1.29 is 48.6 Å². The molecule has 39 heavy (non-hydrogen) atoms. The van der Waals surface area contributed by atoms with Gasteiger partial charge in [-0.25, -0.2) is 19.6 Å². The highest BCUT2D eigenvalue weighted by Gasteiger charge is 2.35. The molecule has 10 nitrogen and oxygen atoms in total. The molecule has 0 N–H and O–H groups in total. The summed E-state index contributed by atoms with van der Waals surface area (Å²) in [6.45, 7) is 30.5. The Kier molecular flexibility index (Phi) is 17.8. The lowest BCUT2D eigenvalue weighted by Crippen LogP contribution is -2.39. The Balaban J connectivity index is 0. The Morgan fingerprint density at radius 3 is 1.13 bits per heavy atom. The largest absolute Gasteiger partial charge is 0.466 e. The second-order valence-corrected chi connectivity index (χ2v) is 13.8. The van der Waals surface area contributed by atoms with Crippen LogP contribution in [0.15, 0.2) is 0 Å². The van der Waals surface area contributed by atoms with Crippen LogP contribution in [0, 0.1) is 0 Å². The SMILES string of the molecule is CCC(C)(OOC(C)(C)C)OOC(C)(C)C.CCCCOC(=O)CCC(C)(OOC(C)(C)C)OOC(C)(C)C. The van der Waals surface area contributed by atoms with Gasteiger partial charge in [0.1, 0.15) is 0 Å². The van der Waals surface area contributed by atoms with E-state index in [4.69, 9.17) is 43.8 Å². The molecule has 0 heterocycles. The van der Waals surface area contributed by atoms with Gasteiger partial charge in [0.05, 0.1) is 35.4 Å². The Labute approximate surface area is 238 Å². The Bertz CT molecular complexity index is 615. The van der Waals surface area contributed by atoms with Crippen LogP contribution < -0.4 is 0 Å². The van der Waals surface area contributed by atoms with Gasteiger partial charge < -0.3 is 4.74 Å². The van der Waals surface area contributed by atoms with E-state index in [1.165, 1.54) is 0 Å². The van der Waals surface area contributed by atoms with E-state index in [2.05, 4.69) is 0 Å². The summed E-state index contributed by atoms with van der Waals surface area (Å²) in [5.41, 5.74) is -1.76. The molecule has 0 fully saturated rings. The topological polar surface area (TPSA) is 100 Å². The van der Waals surface area contributed by atoms with E-state index in [9.17, 15) is 4.79 Å². The molecule has 0 aliphatic rings. The summed E-state index contributed by atoms with van der Waals surface area (Å²) in [5.74, 6) is -2.38. The molecule has 0 saturated carbocycles. The van der Waals surface area contributed by atoms with Crippen LogP contribution >= 0.6 is 0 Å². The first-order valence-corrected chi connectivity index (χ1v) is 14.0. The number of esters is 1. The molecule has 0 aliphatic heterocycles. The van der Waals surface area contributed by atoms with E-state index in [0.29, 0.717) is 13.0 Å². The summed E-state index contributed by atoms with van der Waals surface area (Å²) in [6, 6.07) is 0. The summed E-state index contributed by atoms with van der Waals surface area (Å²) in [5, 5.41) is 0. The monoisotopic (exact) mass is 568 g/mol. The fourth-order valence-electron chi connectivity index (χ4n) is 1.81. The van der Waals surface area contributed by atoms with Crippen molar-refractivity contribution in [3.63, 3.8) is 0 Å². The van der Waals surface area contributed by atoms with Crippen LogP contribution in [0.3, 0.4) is 0 Å². The molecule has 0 aliphatic carbocycles. The van der Waals surface area contributed by atoms with Crippen molar-refractivity contribution in [3.8, 4) is 0 Å². The summed E-state index contributed by atoms with van der Waals surface area (Å²) < 4.78 is 5.14. The van der Waals surface area contributed by atoms with Crippen LogP contribution in [0.4, 0.5) is 0 Å². The van der Waals surface area contributed by atoms with Gasteiger partial charge in [0, 0.05) is 12.8 Å².